The second kappa shape index (κ2) is 6.53. The molecule has 1 amide bonds. The first-order valence-corrected chi connectivity index (χ1v) is 7.33. The van der Waals surface area contributed by atoms with Crippen molar-refractivity contribution in [2.75, 3.05) is 13.2 Å². The molecule has 1 saturated heterocycles. The van der Waals surface area contributed by atoms with Gasteiger partial charge in [-0.05, 0) is 52.0 Å². The molecule has 1 heterocycles. The van der Waals surface area contributed by atoms with Crippen LogP contribution in [0.4, 0.5) is 0 Å². The highest BCUT2D eigenvalue weighted by Gasteiger charge is 2.32. The Morgan fingerprint density at radius 3 is 2.89 bits per heavy atom. The van der Waals surface area contributed by atoms with Gasteiger partial charge in [-0.2, -0.15) is 0 Å². The third-order valence-electron chi connectivity index (χ3n) is 4.18. The van der Waals surface area contributed by atoms with E-state index in [0.29, 0.717) is 30.5 Å². The van der Waals surface area contributed by atoms with Gasteiger partial charge in [0.05, 0.1) is 6.10 Å². The molecule has 2 fully saturated rings. The topological polar surface area (TPSA) is 50.4 Å². The predicted molar refractivity (Wildman–Crippen MR) is 71.4 cm³/mol. The summed E-state index contributed by atoms with van der Waals surface area (Å²) in [5.41, 5.74) is 0. The highest BCUT2D eigenvalue weighted by atomic mass is 16.5. The Morgan fingerprint density at radius 2 is 2.22 bits per heavy atom. The minimum atomic E-state index is 0.218. The summed E-state index contributed by atoms with van der Waals surface area (Å²) in [6.45, 7) is 6.04. The summed E-state index contributed by atoms with van der Waals surface area (Å²) in [6, 6.07) is 0.717. The smallest absolute Gasteiger partial charge is 0.220 e. The van der Waals surface area contributed by atoms with E-state index < -0.39 is 0 Å². The van der Waals surface area contributed by atoms with Gasteiger partial charge < -0.3 is 15.4 Å². The summed E-state index contributed by atoms with van der Waals surface area (Å²) >= 11 is 0. The van der Waals surface area contributed by atoms with Crippen molar-refractivity contribution in [1.29, 1.82) is 0 Å². The number of piperidine rings is 1. The third-order valence-corrected chi connectivity index (χ3v) is 4.18. The van der Waals surface area contributed by atoms with Crippen LogP contribution in [-0.2, 0) is 9.53 Å². The maximum Gasteiger partial charge on any atom is 0.220 e. The van der Waals surface area contributed by atoms with E-state index in [2.05, 4.69) is 17.6 Å². The molecule has 1 aliphatic heterocycles. The lowest BCUT2D eigenvalue weighted by atomic mass is 9.79. The van der Waals surface area contributed by atoms with E-state index in [1.807, 2.05) is 6.92 Å². The monoisotopic (exact) mass is 254 g/mol. The molecule has 0 bridgehead atoms. The largest absolute Gasteiger partial charge is 0.378 e. The third kappa shape index (κ3) is 3.69. The zero-order valence-electron chi connectivity index (χ0n) is 11.6. The van der Waals surface area contributed by atoms with E-state index >= 15 is 0 Å². The van der Waals surface area contributed by atoms with Gasteiger partial charge in [0.15, 0.2) is 0 Å². The average molecular weight is 254 g/mol. The quantitative estimate of drug-likeness (QED) is 0.780. The zero-order chi connectivity index (χ0) is 13.0. The van der Waals surface area contributed by atoms with Gasteiger partial charge in [0, 0.05) is 25.1 Å². The van der Waals surface area contributed by atoms with Crippen molar-refractivity contribution >= 4 is 5.91 Å². The Bertz CT molecular complexity index is 277. The van der Waals surface area contributed by atoms with Crippen LogP contribution in [0, 0.1) is 5.92 Å². The first-order chi connectivity index (χ1) is 8.69. The number of hydrogen-bond acceptors (Lipinski definition) is 3. The van der Waals surface area contributed by atoms with Crippen molar-refractivity contribution in [2.24, 2.45) is 5.92 Å². The van der Waals surface area contributed by atoms with Crippen molar-refractivity contribution in [3.63, 3.8) is 0 Å². The molecule has 4 heteroatoms. The van der Waals surface area contributed by atoms with Crippen LogP contribution < -0.4 is 10.6 Å². The van der Waals surface area contributed by atoms with Crippen LogP contribution in [0.1, 0.15) is 46.0 Å². The molecule has 104 valence electrons. The summed E-state index contributed by atoms with van der Waals surface area (Å²) in [4.78, 5) is 11.9. The molecule has 0 aromatic rings. The molecule has 18 heavy (non-hydrogen) atoms. The minimum absolute atomic E-state index is 0.218. The maximum atomic E-state index is 11.9. The van der Waals surface area contributed by atoms with Gasteiger partial charge in [-0.3, -0.25) is 4.79 Å². The molecule has 2 aliphatic rings. The first kappa shape index (κ1) is 13.8. The maximum absolute atomic E-state index is 11.9. The molecule has 0 radical (unpaired) electrons. The Kier molecular flexibility index (Phi) is 5.01. The van der Waals surface area contributed by atoms with Crippen LogP contribution in [-0.4, -0.2) is 37.2 Å². The van der Waals surface area contributed by atoms with Crippen LogP contribution >= 0.6 is 0 Å². The van der Waals surface area contributed by atoms with Gasteiger partial charge in [-0.25, -0.2) is 0 Å². The number of nitrogens with one attached hydrogen (secondary N) is 2. The molecule has 1 saturated carbocycles. The first-order valence-electron chi connectivity index (χ1n) is 7.33. The number of ether oxygens (including phenoxy) is 1. The second-order valence-corrected chi connectivity index (χ2v) is 5.68. The number of carbonyl (C=O) groups is 1. The van der Waals surface area contributed by atoms with Crippen LogP contribution in [0.3, 0.4) is 0 Å². The Balaban J connectivity index is 1.63. The molecule has 2 rings (SSSR count). The van der Waals surface area contributed by atoms with Crippen LogP contribution in [0.2, 0.25) is 0 Å². The average Bonchev–Trinajstić information content (AvgIpc) is 2.29. The zero-order valence-corrected chi connectivity index (χ0v) is 11.6. The fourth-order valence-corrected chi connectivity index (χ4v) is 2.98. The molecule has 2 N–H and O–H groups in total. The van der Waals surface area contributed by atoms with Gasteiger partial charge in [-0.1, -0.05) is 0 Å². The summed E-state index contributed by atoms with van der Waals surface area (Å²) in [5, 5.41) is 6.58. The summed E-state index contributed by atoms with van der Waals surface area (Å²) < 4.78 is 5.51. The van der Waals surface area contributed by atoms with E-state index in [1.54, 1.807) is 0 Å². The molecule has 0 aromatic heterocycles. The van der Waals surface area contributed by atoms with Gasteiger partial charge >= 0.3 is 0 Å². The van der Waals surface area contributed by atoms with Gasteiger partial charge in [0.25, 0.3) is 0 Å². The van der Waals surface area contributed by atoms with E-state index in [-0.39, 0.29) is 5.91 Å². The van der Waals surface area contributed by atoms with Gasteiger partial charge in [0.2, 0.25) is 5.91 Å². The van der Waals surface area contributed by atoms with Crippen LogP contribution in [0.15, 0.2) is 0 Å². The highest BCUT2D eigenvalue weighted by molar-refractivity contribution is 5.76. The number of rotatable bonds is 5. The Hall–Kier alpha value is -0.610. The van der Waals surface area contributed by atoms with Crippen LogP contribution in [0.25, 0.3) is 0 Å². The summed E-state index contributed by atoms with van der Waals surface area (Å²) in [6.07, 6.45) is 5.45. The second-order valence-electron chi connectivity index (χ2n) is 5.68. The highest BCUT2D eigenvalue weighted by Crippen LogP contribution is 2.32. The van der Waals surface area contributed by atoms with Crippen molar-refractivity contribution in [3.8, 4) is 0 Å². The number of amides is 1. The van der Waals surface area contributed by atoms with Crippen molar-refractivity contribution in [2.45, 2.75) is 64.1 Å². The lowest BCUT2D eigenvalue weighted by Gasteiger charge is -2.35. The lowest BCUT2D eigenvalue weighted by Crippen LogP contribution is -2.52. The fraction of sp³-hybridized carbons (Fsp3) is 0.929. The van der Waals surface area contributed by atoms with Crippen molar-refractivity contribution in [1.82, 2.24) is 10.6 Å². The number of carbonyl (C=O) groups excluding carboxylic acids is 1. The van der Waals surface area contributed by atoms with E-state index in [4.69, 9.17) is 4.74 Å². The summed E-state index contributed by atoms with van der Waals surface area (Å²) in [5.74, 6) is 0.754. The molecule has 0 aromatic carbocycles. The van der Waals surface area contributed by atoms with E-state index in [9.17, 15) is 4.79 Å². The summed E-state index contributed by atoms with van der Waals surface area (Å²) in [7, 11) is 0. The predicted octanol–water partition coefficient (Wildman–Crippen LogP) is 1.45. The molecular formula is C14H26N2O2. The fourth-order valence-electron chi connectivity index (χ4n) is 2.98. The number of hydrogen-bond donors (Lipinski definition) is 2. The van der Waals surface area contributed by atoms with Gasteiger partial charge in [-0.15, -0.1) is 0 Å². The normalized spacial score (nSPS) is 35.9. The van der Waals surface area contributed by atoms with Crippen molar-refractivity contribution in [3.05, 3.63) is 0 Å². The van der Waals surface area contributed by atoms with Crippen LogP contribution in [0.5, 0.6) is 0 Å². The standard InChI is InChI=1S/C14H26N2O2/c1-3-18-12-7-11(8-12)9-14(17)16-13-5-4-6-15-10(13)2/h10-13,15H,3-9H2,1-2H3,(H,16,17). The molecule has 2 atom stereocenters. The van der Waals surface area contributed by atoms with E-state index in [1.165, 1.54) is 0 Å². The van der Waals surface area contributed by atoms with Gasteiger partial charge in [0.1, 0.15) is 0 Å². The molecule has 1 aliphatic carbocycles. The van der Waals surface area contributed by atoms with Crippen molar-refractivity contribution < 1.29 is 9.53 Å². The van der Waals surface area contributed by atoms with E-state index in [0.717, 1.165) is 38.8 Å². The lowest BCUT2D eigenvalue weighted by molar-refractivity contribution is -0.125. The molecule has 2 unspecified atom stereocenters. The Labute approximate surface area is 110 Å². The molecule has 0 spiro atoms. The minimum Gasteiger partial charge on any atom is -0.378 e. The molecular weight excluding hydrogens is 228 g/mol. The Morgan fingerprint density at radius 1 is 1.44 bits per heavy atom. The molecule has 4 nitrogen and oxygen atoms in total. The SMILES string of the molecule is CCOC1CC(CC(=O)NC2CCCNC2C)C1.